The van der Waals surface area contributed by atoms with E-state index >= 15 is 0 Å². The number of nitrogens with one attached hydrogen (secondary N) is 1. The zero-order valence-electron chi connectivity index (χ0n) is 17.8. The molecule has 170 valence electrons. The molecule has 0 radical (unpaired) electrons. The number of hydrogen-bond acceptors (Lipinski definition) is 4. The molecule has 2 aromatic carbocycles. The zero-order chi connectivity index (χ0) is 23.4. The van der Waals surface area contributed by atoms with Gasteiger partial charge in [0.1, 0.15) is 18.0 Å². The Morgan fingerprint density at radius 3 is 2.67 bits per heavy atom. The van der Waals surface area contributed by atoms with Crippen LogP contribution in [0, 0.1) is 0 Å². The fourth-order valence-electron chi connectivity index (χ4n) is 3.69. The number of ether oxygens (including phenoxy) is 1. The average Bonchev–Trinajstić information content (AvgIpc) is 3.24. The van der Waals surface area contributed by atoms with Crippen molar-refractivity contribution < 1.29 is 22.7 Å². The highest BCUT2D eigenvalue weighted by molar-refractivity contribution is 5.98. The molecule has 1 N–H and O–H groups in total. The molecule has 0 saturated carbocycles. The SMILES string of the molecule is COc1cccc(-c2nccnc2C(=O)N(CCc2c[nH]c3ccccc23)CC(F)(F)F)c1. The van der Waals surface area contributed by atoms with E-state index in [0.29, 0.717) is 11.3 Å². The Bertz CT molecular complexity index is 1270. The van der Waals surface area contributed by atoms with E-state index in [0.717, 1.165) is 21.4 Å². The lowest BCUT2D eigenvalue weighted by Crippen LogP contribution is -2.40. The van der Waals surface area contributed by atoms with Gasteiger partial charge in [0.15, 0.2) is 5.69 Å². The highest BCUT2D eigenvalue weighted by atomic mass is 19.4. The zero-order valence-corrected chi connectivity index (χ0v) is 17.8. The van der Waals surface area contributed by atoms with E-state index in [9.17, 15) is 18.0 Å². The summed E-state index contributed by atoms with van der Waals surface area (Å²) in [6.45, 7) is -1.52. The number of fused-ring (bicyclic) bond motifs is 1. The molecule has 2 aromatic heterocycles. The number of amides is 1. The number of benzene rings is 2. The molecule has 0 bridgehead atoms. The maximum atomic E-state index is 13.4. The number of hydrogen-bond donors (Lipinski definition) is 1. The number of carbonyl (C=O) groups is 1. The standard InChI is InChI=1S/C24H21F3N4O2/c1-33-18-6-4-5-16(13-18)21-22(29-11-10-28-21)23(32)31(15-24(25,26)27)12-9-17-14-30-20-8-3-2-7-19(17)20/h2-8,10-11,13-14,30H,9,12,15H2,1H3. The van der Waals surface area contributed by atoms with E-state index in [2.05, 4.69) is 15.0 Å². The van der Waals surface area contributed by atoms with Gasteiger partial charge in [0.2, 0.25) is 0 Å². The topological polar surface area (TPSA) is 71.1 Å². The largest absolute Gasteiger partial charge is 0.497 e. The second-order valence-corrected chi connectivity index (χ2v) is 7.44. The van der Waals surface area contributed by atoms with Crippen molar-refractivity contribution in [3.05, 3.63) is 78.4 Å². The average molecular weight is 454 g/mol. The molecule has 0 aliphatic heterocycles. The maximum absolute atomic E-state index is 13.4. The molecule has 2 heterocycles. The minimum atomic E-state index is -4.56. The summed E-state index contributed by atoms with van der Waals surface area (Å²) in [5.74, 6) is -0.305. The smallest absolute Gasteiger partial charge is 0.406 e. The van der Waals surface area contributed by atoms with Gasteiger partial charge in [-0.05, 0) is 30.2 Å². The fourth-order valence-corrected chi connectivity index (χ4v) is 3.69. The molecule has 0 aliphatic rings. The molecule has 4 aromatic rings. The van der Waals surface area contributed by atoms with Crippen LogP contribution in [0.4, 0.5) is 13.2 Å². The van der Waals surface area contributed by atoms with Crippen molar-refractivity contribution in [1.29, 1.82) is 0 Å². The van der Waals surface area contributed by atoms with E-state index in [1.54, 1.807) is 30.5 Å². The Morgan fingerprint density at radius 2 is 1.88 bits per heavy atom. The number of nitrogens with zero attached hydrogens (tertiary/aromatic N) is 3. The molecule has 6 nitrogen and oxygen atoms in total. The van der Waals surface area contributed by atoms with Gasteiger partial charge < -0.3 is 14.6 Å². The highest BCUT2D eigenvalue weighted by Crippen LogP contribution is 2.26. The lowest BCUT2D eigenvalue weighted by atomic mass is 10.1. The van der Waals surface area contributed by atoms with Crippen molar-refractivity contribution in [2.24, 2.45) is 0 Å². The third-order valence-electron chi connectivity index (χ3n) is 5.23. The highest BCUT2D eigenvalue weighted by Gasteiger charge is 2.34. The predicted molar refractivity (Wildman–Crippen MR) is 118 cm³/mol. The van der Waals surface area contributed by atoms with Crippen LogP contribution >= 0.6 is 0 Å². The Kier molecular flexibility index (Phi) is 6.30. The number of aromatic nitrogens is 3. The fraction of sp³-hybridized carbons (Fsp3) is 0.208. The lowest BCUT2D eigenvalue weighted by Gasteiger charge is -2.24. The van der Waals surface area contributed by atoms with Crippen molar-refractivity contribution in [1.82, 2.24) is 19.9 Å². The van der Waals surface area contributed by atoms with Crippen molar-refractivity contribution in [3.8, 4) is 17.0 Å². The Hall–Kier alpha value is -3.88. The molecule has 0 unspecified atom stereocenters. The molecule has 33 heavy (non-hydrogen) atoms. The Balaban J connectivity index is 1.65. The van der Waals surface area contributed by atoms with E-state index in [4.69, 9.17) is 4.74 Å². The Labute approximate surface area is 188 Å². The van der Waals surface area contributed by atoms with Gasteiger partial charge in [-0.1, -0.05) is 30.3 Å². The summed E-state index contributed by atoms with van der Waals surface area (Å²) in [7, 11) is 1.50. The molecule has 1 amide bonds. The van der Waals surface area contributed by atoms with Crippen LogP contribution < -0.4 is 4.74 Å². The number of carbonyl (C=O) groups excluding carboxylic acids is 1. The number of para-hydroxylation sites is 1. The van der Waals surface area contributed by atoms with Crippen LogP contribution in [0.15, 0.2) is 67.1 Å². The monoisotopic (exact) mass is 454 g/mol. The van der Waals surface area contributed by atoms with Gasteiger partial charge >= 0.3 is 6.18 Å². The van der Waals surface area contributed by atoms with E-state index in [1.807, 2.05) is 24.3 Å². The van der Waals surface area contributed by atoms with Crippen molar-refractivity contribution in [2.45, 2.75) is 12.6 Å². The summed E-state index contributed by atoms with van der Waals surface area (Å²) in [6.07, 6.45) is 0.133. The van der Waals surface area contributed by atoms with Gasteiger partial charge in [0, 0.05) is 41.6 Å². The van der Waals surface area contributed by atoms with Gasteiger partial charge in [0.25, 0.3) is 5.91 Å². The first kappa shape index (κ1) is 22.3. The van der Waals surface area contributed by atoms with Gasteiger partial charge in [0.05, 0.1) is 7.11 Å². The summed E-state index contributed by atoms with van der Waals surface area (Å²) >= 11 is 0. The number of halogens is 3. The summed E-state index contributed by atoms with van der Waals surface area (Å²) in [5, 5.41) is 0.911. The number of methoxy groups -OCH3 is 1. The Morgan fingerprint density at radius 1 is 1.09 bits per heavy atom. The van der Waals surface area contributed by atoms with Crippen LogP contribution in [0.25, 0.3) is 22.2 Å². The number of rotatable bonds is 7. The summed E-state index contributed by atoms with van der Waals surface area (Å²) in [6, 6.07) is 14.3. The molecule has 0 spiro atoms. The third-order valence-corrected chi connectivity index (χ3v) is 5.23. The molecule has 0 saturated heterocycles. The minimum absolute atomic E-state index is 0.131. The summed E-state index contributed by atoms with van der Waals surface area (Å²) in [4.78, 5) is 25.5. The van der Waals surface area contributed by atoms with Crippen LogP contribution in [0.5, 0.6) is 5.75 Å². The van der Waals surface area contributed by atoms with Crippen LogP contribution in [-0.4, -0.2) is 52.1 Å². The molecule has 0 aliphatic carbocycles. The quantitative estimate of drug-likeness (QED) is 0.432. The molecular formula is C24H21F3N4O2. The summed E-state index contributed by atoms with van der Waals surface area (Å²) < 4.78 is 45.3. The van der Waals surface area contributed by atoms with E-state index in [1.165, 1.54) is 19.5 Å². The lowest BCUT2D eigenvalue weighted by molar-refractivity contribution is -0.140. The summed E-state index contributed by atoms with van der Waals surface area (Å²) in [5.41, 5.74) is 2.29. The van der Waals surface area contributed by atoms with Gasteiger partial charge in [-0.15, -0.1) is 0 Å². The second kappa shape index (κ2) is 9.32. The van der Waals surface area contributed by atoms with Crippen molar-refractivity contribution in [3.63, 3.8) is 0 Å². The molecule has 0 fully saturated rings. The second-order valence-electron chi connectivity index (χ2n) is 7.44. The van der Waals surface area contributed by atoms with E-state index in [-0.39, 0.29) is 24.4 Å². The van der Waals surface area contributed by atoms with Crippen LogP contribution in [-0.2, 0) is 6.42 Å². The minimum Gasteiger partial charge on any atom is -0.497 e. The van der Waals surface area contributed by atoms with E-state index < -0.39 is 18.6 Å². The van der Waals surface area contributed by atoms with Gasteiger partial charge in [-0.3, -0.25) is 9.78 Å². The first-order chi connectivity index (χ1) is 15.9. The number of alkyl halides is 3. The molecule has 4 rings (SSSR count). The first-order valence-electron chi connectivity index (χ1n) is 10.2. The molecule has 9 heteroatoms. The first-order valence-corrected chi connectivity index (χ1v) is 10.2. The third kappa shape index (κ3) is 5.14. The van der Waals surface area contributed by atoms with Crippen LogP contribution in [0.1, 0.15) is 16.1 Å². The van der Waals surface area contributed by atoms with Gasteiger partial charge in [-0.2, -0.15) is 13.2 Å². The normalized spacial score (nSPS) is 11.5. The number of aromatic amines is 1. The van der Waals surface area contributed by atoms with Crippen molar-refractivity contribution in [2.75, 3.05) is 20.2 Å². The van der Waals surface area contributed by atoms with Crippen LogP contribution in [0.2, 0.25) is 0 Å². The van der Waals surface area contributed by atoms with Crippen LogP contribution in [0.3, 0.4) is 0 Å². The molecular weight excluding hydrogens is 433 g/mol. The van der Waals surface area contributed by atoms with Gasteiger partial charge in [-0.25, -0.2) is 4.98 Å². The predicted octanol–water partition coefficient (Wildman–Crippen LogP) is 4.88. The maximum Gasteiger partial charge on any atom is 0.406 e. The van der Waals surface area contributed by atoms with Crippen molar-refractivity contribution >= 4 is 16.8 Å². The molecule has 0 atom stereocenters. The number of H-pyrrole nitrogens is 1.